The number of nitrogens with one attached hydrogen (secondary N) is 1. The van der Waals surface area contributed by atoms with Crippen LogP contribution in [0.5, 0.6) is 0 Å². The Bertz CT molecular complexity index is 824. The molecule has 0 rings (SSSR count). The minimum Gasteiger partial charge on any atom is -0.394 e. The van der Waals surface area contributed by atoms with Crippen molar-refractivity contribution >= 4 is 5.91 Å². The zero-order valence-corrected chi connectivity index (χ0v) is 35.4. The molecule has 0 saturated carbocycles. The zero-order valence-electron chi connectivity index (χ0n) is 35.4. The highest BCUT2D eigenvalue weighted by atomic mass is 16.3. The Balaban J connectivity index is 3.70. The third-order valence-corrected chi connectivity index (χ3v) is 10.6. The Kier molecular flexibility index (Phi) is 42.1. The van der Waals surface area contributed by atoms with E-state index < -0.39 is 18.2 Å². The molecule has 0 aliphatic heterocycles. The standard InChI is InChI=1S/C48H91NO4/c1-3-5-7-9-11-13-15-17-19-21-23-25-27-29-31-33-35-37-39-41-45(51)43-48(53)49-46(44-50)47(52)42-40-38-36-34-32-30-28-26-24-22-20-18-16-14-12-10-8-6-4-2/h25,27,32,34,40,42,45-47,50-52H,3-24,26,28-31,33,35-39,41,43-44H2,1-2H3,(H,49,53)/b27-25-,34-32+,42-40+. The lowest BCUT2D eigenvalue weighted by Gasteiger charge is -2.20. The maximum Gasteiger partial charge on any atom is 0.222 e. The number of rotatable bonds is 42. The van der Waals surface area contributed by atoms with Crippen molar-refractivity contribution in [3.8, 4) is 0 Å². The number of amides is 1. The quantitative estimate of drug-likeness (QED) is 0.0370. The molecule has 0 saturated heterocycles. The summed E-state index contributed by atoms with van der Waals surface area (Å²) in [5, 5.41) is 33.2. The van der Waals surface area contributed by atoms with Crippen molar-refractivity contribution in [2.45, 2.75) is 257 Å². The van der Waals surface area contributed by atoms with Gasteiger partial charge in [0, 0.05) is 0 Å². The molecule has 0 aromatic carbocycles. The van der Waals surface area contributed by atoms with E-state index >= 15 is 0 Å². The van der Waals surface area contributed by atoms with Gasteiger partial charge in [-0.1, -0.05) is 211 Å². The fourth-order valence-electron chi connectivity index (χ4n) is 7.06. The Morgan fingerprint density at radius 2 is 0.811 bits per heavy atom. The fourth-order valence-corrected chi connectivity index (χ4v) is 7.06. The zero-order chi connectivity index (χ0) is 38.7. The Hall–Kier alpha value is -1.43. The number of hydrogen-bond acceptors (Lipinski definition) is 4. The number of aliphatic hydroxyl groups is 3. The van der Waals surface area contributed by atoms with E-state index in [2.05, 4.69) is 43.5 Å². The van der Waals surface area contributed by atoms with E-state index in [1.165, 1.54) is 167 Å². The molecule has 5 heteroatoms. The summed E-state index contributed by atoms with van der Waals surface area (Å²) >= 11 is 0. The summed E-state index contributed by atoms with van der Waals surface area (Å²) in [5.74, 6) is -0.329. The molecule has 53 heavy (non-hydrogen) atoms. The van der Waals surface area contributed by atoms with Gasteiger partial charge in [0.05, 0.1) is 31.3 Å². The largest absolute Gasteiger partial charge is 0.394 e. The van der Waals surface area contributed by atoms with Crippen LogP contribution in [0.2, 0.25) is 0 Å². The Labute approximate surface area is 330 Å². The normalized spacial score (nSPS) is 13.8. The van der Waals surface area contributed by atoms with Gasteiger partial charge in [-0.3, -0.25) is 4.79 Å². The predicted molar refractivity (Wildman–Crippen MR) is 231 cm³/mol. The molecule has 0 aromatic rings. The summed E-state index contributed by atoms with van der Waals surface area (Å²) in [6, 6.07) is -0.763. The molecule has 4 N–H and O–H groups in total. The summed E-state index contributed by atoms with van der Waals surface area (Å²) in [6.07, 6.45) is 54.4. The molecular weight excluding hydrogens is 655 g/mol. The Morgan fingerprint density at radius 1 is 0.472 bits per heavy atom. The van der Waals surface area contributed by atoms with Crippen LogP contribution in [-0.2, 0) is 4.79 Å². The summed E-state index contributed by atoms with van der Waals surface area (Å²) in [5.41, 5.74) is 0. The van der Waals surface area contributed by atoms with Gasteiger partial charge >= 0.3 is 0 Å². The van der Waals surface area contributed by atoms with Crippen LogP contribution >= 0.6 is 0 Å². The SMILES string of the molecule is CCCCCCCCCCCC/C=C\CCCCCCCC(O)CC(=O)NC(CO)C(O)/C=C/CC/C=C/CCCCCCCCCCCCCCC. The lowest BCUT2D eigenvalue weighted by atomic mass is 10.0. The van der Waals surface area contributed by atoms with Crippen LogP contribution < -0.4 is 5.32 Å². The third-order valence-electron chi connectivity index (χ3n) is 10.6. The van der Waals surface area contributed by atoms with Crippen molar-refractivity contribution in [1.82, 2.24) is 5.32 Å². The van der Waals surface area contributed by atoms with Crippen LogP contribution in [0.15, 0.2) is 36.5 Å². The van der Waals surface area contributed by atoms with E-state index in [-0.39, 0.29) is 18.9 Å². The minimum atomic E-state index is -0.953. The van der Waals surface area contributed by atoms with Crippen molar-refractivity contribution in [1.29, 1.82) is 0 Å². The van der Waals surface area contributed by atoms with Crippen molar-refractivity contribution < 1.29 is 20.1 Å². The highest BCUT2D eigenvalue weighted by molar-refractivity contribution is 5.76. The van der Waals surface area contributed by atoms with Gasteiger partial charge in [0.15, 0.2) is 0 Å². The van der Waals surface area contributed by atoms with Gasteiger partial charge in [-0.05, 0) is 57.8 Å². The molecule has 3 atom stereocenters. The molecule has 0 bridgehead atoms. The molecule has 0 aromatic heterocycles. The van der Waals surface area contributed by atoms with Gasteiger partial charge in [-0.2, -0.15) is 0 Å². The molecule has 0 aliphatic rings. The van der Waals surface area contributed by atoms with Crippen molar-refractivity contribution in [2.75, 3.05) is 6.61 Å². The van der Waals surface area contributed by atoms with Crippen LogP contribution in [0.4, 0.5) is 0 Å². The predicted octanol–water partition coefficient (Wildman–Crippen LogP) is 13.5. The second-order valence-electron chi connectivity index (χ2n) is 16.0. The average Bonchev–Trinajstić information content (AvgIpc) is 3.15. The molecule has 1 amide bonds. The monoisotopic (exact) mass is 746 g/mol. The number of allylic oxidation sites excluding steroid dienone is 5. The molecule has 0 spiro atoms. The first-order valence-electron chi connectivity index (χ1n) is 23.3. The average molecular weight is 746 g/mol. The first kappa shape index (κ1) is 51.6. The molecular formula is C48H91NO4. The van der Waals surface area contributed by atoms with Gasteiger partial charge < -0.3 is 20.6 Å². The van der Waals surface area contributed by atoms with E-state index in [0.29, 0.717) is 6.42 Å². The number of carbonyl (C=O) groups is 1. The molecule has 0 heterocycles. The molecule has 312 valence electrons. The summed E-state index contributed by atoms with van der Waals surface area (Å²) in [4.78, 5) is 12.4. The maximum atomic E-state index is 12.4. The van der Waals surface area contributed by atoms with Crippen molar-refractivity contribution in [3.05, 3.63) is 36.5 Å². The third kappa shape index (κ3) is 40.1. The topological polar surface area (TPSA) is 89.8 Å². The number of unbranched alkanes of at least 4 members (excludes halogenated alkanes) is 29. The summed E-state index contributed by atoms with van der Waals surface area (Å²) < 4.78 is 0. The highest BCUT2D eigenvalue weighted by Crippen LogP contribution is 2.15. The van der Waals surface area contributed by atoms with Gasteiger partial charge in [0.2, 0.25) is 5.91 Å². The van der Waals surface area contributed by atoms with E-state index in [4.69, 9.17) is 0 Å². The number of carbonyl (C=O) groups excluding carboxylic acids is 1. The lowest BCUT2D eigenvalue weighted by molar-refractivity contribution is -0.124. The second-order valence-corrected chi connectivity index (χ2v) is 16.0. The van der Waals surface area contributed by atoms with Crippen LogP contribution in [0.25, 0.3) is 0 Å². The molecule has 0 radical (unpaired) electrons. The van der Waals surface area contributed by atoms with E-state index in [1.807, 2.05) is 6.08 Å². The van der Waals surface area contributed by atoms with Crippen LogP contribution in [-0.4, -0.2) is 46.1 Å². The van der Waals surface area contributed by atoms with Crippen molar-refractivity contribution in [2.24, 2.45) is 0 Å². The number of hydrogen-bond donors (Lipinski definition) is 4. The summed E-state index contributed by atoms with van der Waals surface area (Å²) in [6.45, 7) is 4.21. The molecule has 0 fully saturated rings. The van der Waals surface area contributed by atoms with Gasteiger partial charge in [-0.25, -0.2) is 0 Å². The first-order chi connectivity index (χ1) is 26.0. The van der Waals surface area contributed by atoms with E-state index in [9.17, 15) is 20.1 Å². The maximum absolute atomic E-state index is 12.4. The van der Waals surface area contributed by atoms with E-state index in [0.717, 1.165) is 44.9 Å². The summed E-state index contributed by atoms with van der Waals surface area (Å²) in [7, 11) is 0. The number of aliphatic hydroxyl groups excluding tert-OH is 3. The van der Waals surface area contributed by atoms with Gasteiger partial charge in [0.25, 0.3) is 0 Å². The fraction of sp³-hybridized carbons (Fsp3) is 0.854. The molecule has 3 unspecified atom stereocenters. The Morgan fingerprint density at radius 3 is 1.21 bits per heavy atom. The second kappa shape index (κ2) is 43.3. The molecule has 0 aliphatic carbocycles. The van der Waals surface area contributed by atoms with Crippen molar-refractivity contribution in [3.63, 3.8) is 0 Å². The highest BCUT2D eigenvalue weighted by Gasteiger charge is 2.20. The van der Waals surface area contributed by atoms with Gasteiger partial charge in [-0.15, -0.1) is 0 Å². The van der Waals surface area contributed by atoms with Gasteiger partial charge in [0.1, 0.15) is 0 Å². The minimum absolute atomic E-state index is 0.000819. The van der Waals surface area contributed by atoms with E-state index in [1.54, 1.807) is 6.08 Å². The van der Waals surface area contributed by atoms with Crippen LogP contribution in [0, 0.1) is 0 Å². The smallest absolute Gasteiger partial charge is 0.222 e. The lowest BCUT2D eigenvalue weighted by Crippen LogP contribution is -2.45. The first-order valence-corrected chi connectivity index (χ1v) is 23.3. The van der Waals surface area contributed by atoms with Crippen LogP contribution in [0.3, 0.4) is 0 Å². The van der Waals surface area contributed by atoms with Crippen LogP contribution in [0.1, 0.15) is 239 Å². The molecule has 5 nitrogen and oxygen atoms in total.